The van der Waals surface area contributed by atoms with Gasteiger partial charge >= 0.3 is 5.97 Å². The molecule has 1 unspecified atom stereocenters. The molecule has 0 rings (SSSR count). The third-order valence-corrected chi connectivity index (χ3v) is 4.85. The Bertz CT molecular complexity index is 410. The van der Waals surface area contributed by atoms with Gasteiger partial charge in [0.25, 0.3) is 0 Å². The number of allylic oxidation sites excluding steroid dienone is 3. The Morgan fingerprint density at radius 2 is 1.46 bits per heavy atom. The molecule has 0 radical (unpaired) electrons. The fourth-order valence-electron chi connectivity index (χ4n) is 3.00. The number of aliphatic carboxylic acids is 1. The van der Waals surface area contributed by atoms with E-state index in [0.717, 1.165) is 51.2 Å². The molecule has 0 aromatic heterocycles. The second-order valence-corrected chi connectivity index (χ2v) is 7.33. The third-order valence-electron chi connectivity index (χ3n) is 4.85. The van der Waals surface area contributed by atoms with Crippen LogP contribution in [0.2, 0.25) is 0 Å². The highest BCUT2D eigenvalue weighted by Crippen LogP contribution is 2.16. The molecule has 0 saturated heterocycles. The van der Waals surface area contributed by atoms with E-state index in [1.54, 1.807) is 6.92 Å². The lowest BCUT2D eigenvalue weighted by Gasteiger charge is -2.08. The van der Waals surface area contributed by atoms with Gasteiger partial charge < -0.3 is 9.90 Å². The minimum absolute atomic E-state index is 0.222. The van der Waals surface area contributed by atoms with E-state index < -0.39 is 5.97 Å². The van der Waals surface area contributed by atoms with Crippen LogP contribution < -0.4 is 0 Å². The lowest BCUT2D eigenvalue weighted by Crippen LogP contribution is -2.01. The summed E-state index contributed by atoms with van der Waals surface area (Å²) in [6, 6.07) is 0. The van der Waals surface area contributed by atoms with Gasteiger partial charge in [0.2, 0.25) is 0 Å². The molecule has 26 heavy (non-hydrogen) atoms. The highest BCUT2D eigenvalue weighted by atomic mass is 16.4. The molecule has 0 fully saturated rings. The van der Waals surface area contributed by atoms with Crippen LogP contribution in [0.1, 0.15) is 104 Å². The summed E-state index contributed by atoms with van der Waals surface area (Å²) in [7, 11) is 0. The van der Waals surface area contributed by atoms with Gasteiger partial charge in [0, 0.05) is 11.5 Å². The summed E-state index contributed by atoms with van der Waals surface area (Å²) in [6.45, 7) is 3.87. The van der Waals surface area contributed by atoms with E-state index in [1.807, 2.05) is 6.08 Å². The van der Waals surface area contributed by atoms with Crippen molar-refractivity contribution in [2.24, 2.45) is 5.92 Å². The fourth-order valence-corrected chi connectivity index (χ4v) is 3.00. The molecular formula is C23H40O3. The Labute approximate surface area is 161 Å². The van der Waals surface area contributed by atoms with Gasteiger partial charge in [-0.2, -0.15) is 0 Å². The van der Waals surface area contributed by atoms with Crippen LogP contribution in [0.25, 0.3) is 0 Å². The zero-order valence-electron chi connectivity index (χ0n) is 17.0. The van der Waals surface area contributed by atoms with Gasteiger partial charge in [-0.15, -0.1) is 0 Å². The van der Waals surface area contributed by atoms with Gasteiger partial charge in [-0.05, 0) is 51.9 Å². The van der Waals surface area contributed by atoms with E-state index >= 15 is 0 Å². The summed E-state index contributed by atoms with van der Waals surface area (Å²) in [4.78, 5) is 21.8. The largest absolute Gasteiger partial charge is 0.478 e. The van der Waals surface area contributed by atoms with Crippen molar-refractivity contribution in [3.63, 3.8) is 0 Å². The summed E-state index contributed by atoms with van der Waals surface area (Å²) in [5.74, 6) is -0.596. The minimum Gasteiger partial charge on any atom is -0.478 e. The number of carbonyl (C=O) groups excluding carboxylic acids is 1. The molecule has 0 aromatic rings. The topological polar surface area (TPSA) is 54.4 Å². The van der Waals surface area contributed by atoms with Crippen LogP contribution in [-0.4, -0.2) is 17.4 Å². The lowest BCUT2D eigenvalue weighted by molar-refractivity contribution is -0.132. The molecule has 0 bridgehead atoms. The average molecular weight is 365 g/mol. The summed E-state index contributed by atoms with van der Waals surface area (Å²) in [5, 5.41) is 8.76. The first-order chi connectivity index (χ1) is 12.6. The van der Waals surface area contributed by atoms with E-state index in [1.165, 1.54) is 44.9 Å². The predicted molar refractivity (Wildman–Crippen MR) is 110 cm³/mol. The van der Waals surface area contributed by atoms with Crippen molar-refractivity contribution in [2.75, 3.05) is 0 Å². The van der Waals surface area contributed by atoms with Gasteiger partial charge in [0.15, 0.2) is 0 Å². The maximum Gasteiger partial charge on any atom is 0.330 e. The van der Waals surface area contributed by atoms with Gasteiger partial charge in [-0.1, -0.05) is 70.1 Å². The van der Waals surface area contributed by atoms with Gasteiger partial charge in [-0.3, -0.25) is 0 Å². The van der Waals surface area contributed by atoms with E-state index in [-0.39, 0.29) is 5.92 Å². The van der Waals surface area contributed by atoms with Crippen molar-refractivity contribution in [1.82, 2.24) is 0 Å². The van der Waals surface area contributed by atoms with Crippen LogP contribution in [0.15, 0.2) is 23.8 Å². The van der Waals surface area contributed by atoms with Gasteiger partial charge in [-0.25, -0.2) is 4.79 Å². The second-order valence-electron chi connectivity index (χ2n) is 7.33. The molecule has 1 N–H and O–H groups in total. The van der Waals surface area contributed by atoms with E-state index in [2.05, 4.69) is 19.1 Å². The summed E-state index contributed by atoms with van der Waals surface area (Å²) >= 11 is 0. The van der Waals surface area contributed by atoms with Gasteiger partial charge in [0.1, 0.15) is 6.29 Å². The molecule has 3 heteroatoms. The van der Waals surface area contributed by atoms with Crippen LogP contribution in [0, 0.1) is 5.92 Å². The minimum atomic E-state index is -0.818. The van der Waals surface area contributed by atoms with Gasteiger partial charge in [0.05, 0.1) is 0 Å². The highest BCUT2D eigenvalue weighted by Gasteiger charge is 2.05. The molecule has 150 valence electrons. The van der Waals surface area contributed by atoms with Crippen LogP contribution >= 0.6 is 0 Å². The van der Waals surface area contributed by atoms with Crippen LogP contribution in [-0.2, 0) is 9.59 Å². The SMILES string of the molecule is CCCCCC=CCCC(C=O)CCCCCCCCC=C(C)C(=O)O. The molecule has 0 spiro atoms. The van der Waals surface area contributed by atoms with Crippen molar-refractivity contribution in [2.45, 2.75) is 104 Å². The first-order valence-electron chi connectivity index (χ1n) is 10.6. The number of unbranched alkanes of at least 4 members (excludes halogenated alkanes) is 9. The zero-order chi connectivity index (χ0) is 19.5. The summed E-state index contributed by atoms with van der Waals surface area (Å²) in [6.07, 6.45) is 23.4. The Morgan fingerprint density at radius 1 is 0.846 bits per heavy atom. The van der Waals surface area contributed by atoms with Crippen molar-refractivity contribution >= 4 is 12.3 Å². The number of carbonyl (C=O) groups is 2. The molecule has 0 aliphatic rings. The maximum absolute atomic E-state index is 11.2. The Balaban J connectivity index is 3.53. The molecule has 0 aliphatic heterocycles. The average Bonchev–Trinajstić information content (AvgIpc) is 2.63. The molecule has 0 saturated carbocycles. The normalized spacial score (nSPS) is 13.2. The third kappa shape index (κ3) is 16.1. The smallest absolute Gasteiger partial charge is 0.330 e. The number of rotatable bonds is 18. The van der Waals surface area contributed by atoms with Crippen molar-refractivity contribution in [3.8, 4) is 0 Å². The Morgan fingerprint density at radius 3 is 2.12 bits per heavy atom. The number of aldehydes is 1. The van der Waals surface area contributed by atoms with Crippen molar-refractivity contribution < 1.29 is 14.7 Å². The van der Waals surface area contributed by atoms with Crippen LogP contribution in [0.3, 0.4) is 0 Å². The Hall–Kier alpha value is -1.38. The van der Waals surface area contributed by atoms with Crippen molar-refractivity contribution in [3.05, 3.63) is 23.8 Å². The summed E-state index contributed by atoms with van der Waals surface area (Å²) in [5.41, 5.74) is 0.445. The molecule has 0 heterocycles. The maximum atomic E-state index is 11.2. The molecule has 0 aromatic carbocycles. The highest BCUT2D eigenvalue weighted by molar-refractivity contribution is 5.85. The second kappa shape index (κ2) is 18.4. The Kier molecular flexibility index (Phi) is 17.4. The first kappa shape index (κ1) is 24.6. The number of hydrogen-bond donors (Lipinski definition) is 1. The fraction of sp³-hybridized carbons (Fsp3) is 0.739. The summed E-state index contributed by atoms with van der Waals surface area (Å²) < 4.78 is 0. The standard InChI is InChI=1S/C23H40O3/c1-3-4-5-6-8-12-15-18-22(20-24)19-16-13-10-7-9-11-14-17-21(2)23(25)26/h8,12,17,20,22H,3-7,9-11,13-16,18-19H2,1-2H3,(H,25,26). The van der Waals surface area contributed by atoms with Crippen LogP contribution in [0.4, 0.5) is 0 Å². The number of hydrogen-bond acceptors (Lipinski definition) is 2. The number of carboxylic acids is 1. The van der Waals surface area contributed by atoms with E-state index in [0.29, 0.717) is 5.57 Å². The monoisotopic (exact) mass is 364 g/mol. The molecule has 0 aliphatic carbocycles. The molecular weight excluding hydrogens is 324 g/mol. The quantitative estimate of drug-likeness (QED) is 0.125. The number of carboxylic acid groups (broad SMARTS) is 1. The first-order valence-corrected chi connectivity index (χ1v) is 10.6. The lowest BCUT2D eigenvalue weighted by atomic mass is 9.96. The predicted octanol–water partition coefficient (Wildman–Crippen LogP) is 6.87. The van der Waals surface area contributed by atoms with E-state index in [4.69, 9.17) is 5.11 Å². The zero-order valence-corrected chi connectivity index (χ0v) is 17.0. The van der Waals surface area contributed by atoms with Crippen molar-refractivity contribution in [1.29, 1.82) is 0 Å². The van der Waals surface area contributed by atoms with Crippen LogP contribution in [0.5, 0.6) is 0 Å². The molecule has 0 amide bonds. The molecule has 1 atom stereocenters. The molecule has 3 nitrogen and oxygen atoms in total. The van der Waals surface area contributed by atoms with E-state index in [9.17, 15) is 9.59 Å².